The Morgan fingerprint density at radius 1 is 1.44 bits per heavy atom. The number of carbonyl (C=O) groups excluding carboxylic acids is 1. The molecule has 8 heteroatoms. The molecule has 1 atom stereocenters. The molecule has 1 rings (SSSR count). The lowest BCUT2D eigenvalue weighted by Crippen LogP contribution is -2.45. The van der Waals surface area contributed by atoms with Gasteiger partial charge in [0.15, 0.2) is 6.04 Å². The molecule has 0 heterocycles. The Morgan fingerprint density at radius 3 is 2.61 bits per heavy atom. The molecule has 0 radical (unpaired) electrons. The van der Waals surface area contributed by atoms with E-state index in [0.29, 0.717) is 0 Å². The Labute approximate surface area is 106 Å². The maximum atomic E-state index is 13.3. The number of hydrogen-bond acceptors (Lipinski definition) is 3. The minimum atomic E-state index is -1.46. The van der Waals surface area contributed by atoms with E-state index in [1.54, 1.807) is 0 Å². The number of rotatable bonds is 4. The van der Waals surface area contributed by atoms with E-state index < -0.39 is 30.5 Å². The van der Waals surface area contributed by atoms with E-state index in [-0.39, 0.29) is 10.7 Å². The van der Waals surface area contributed by atoms with E-state index in [2.05, 4.69) is 5.32 Å². The maximum absolute atomic E-state index is 13.3. The molecule has 0 aliphatic heterocycles. The number of anilines is 1. The van der Waals surface area contributed by atoms with Crippen LogP contribution in [-0.2, 0) is 4.79 Å². The number of amides is 2. The van der Waals surface area contributed by atoms with Gasteiger partial charge in [-0.25, -0.2) is 14.0 Å². The first-order chi connectivity index (χ1) is 8.43. The Hall–Kier alpha value is -1.86. The van der Waals surface area contributed by atoms with E-state index in [1.165, 1.54) is 12.1 Å². The van der Waals surface area contributed by atoms with Crippen molar-refractivity contribution >= 4 is 29.3 Å². The van der Waals surface area contributed by atoms with Crippen LogP contribution in [0.4, 0.5) is 14.9 Å². The number of halogens is 2. The van der Waals surface area contributed by atoms with E-state index in [4.69, 9.17) is 21.8 Å². The molecule has 0 saturated heterocycles. The van der Waals surface area contributed by atoms with Gasteiger partial charge in [0.1, 0.15) is 5.82 Å². The number of urea groups is 1. The predicted molar refractivity (Wildman–Crippen MR) is 62.1 cm³/mol. The summed E-state index contributed by atoms with van der Waals surface area (Å²) in [5.41, 5.74) is -0.154. The monoisotopic (exact) mass is 276 g/mol. The summed E-state index contributed by atoms with van der Waals surface area (Å²) in [6.45, 7) is -0.772. The molecule has 0 saturated carbocycles. The van der Waals surface area contributed by atoms with Crippen LogP contribution in [0.25, 0.3) is 0 Å². The Morgan fingerprint density at radius 2 is 2.11 bits per heavy atom. The smallest absolute Gasteiger partial charge is 0.328 e. The number of carbonyl (C=O) groups is 2. The van der Waals surface area contributed by atoms with Gasteiger partial charge in [-0.1, -0.05) is 11.6 Å². The SMILES string of the molecule is O=C(Nc1ccc(Cl)cc1F)N[C@H](CO)C(=O)O. The number of aliphatic hydroxyl groups is 1. The third kappa shape index (κ3) is 3.86. The zero-order valence-corrected chi connectivity index (χ0v) is 9.74. The molecule has 98 valence electrons. The highest BCUT2D eigenvalue weighted by Gasteiger charge is 2.19. The highest BCUT2D eigenvalue weighted by molar-refractivity contribution is 6.30. The van der Waals surface area contributed by atoms with Crippen LogP contribution < -0.4 is 10.6 Å². The first kappa shape index (κ1) is 14.2. The van der Waals surface area contributed by atoms with Crippen LogP contribution in [0.2, 0.25) is 5.02 Å². The number of nitrogens with one attached hydrogen (secondary N) is 2. The summed E-state index contributed by atoms with van der Waals surface area (Å²) in [5.74, 6) is -2.15. The van der Waals surface area contributed by atoms with Crippen molar-refractivity contribution in [3.63, 3.8) is 0 Å². The Kier molecular flexibility index (Phi) is 4.87. The second-order valence-corrected chi connectivity index (χ2v) is 3.73. The van der Waals surface area contributed by atoms with Gasteiger partial charge in [-0.15, -0.1) is 0 Å². The summed E-state index contributed by atoms with van der Waals surface area (Å²) in [6.07, 6.45) is 0. The normalized spacial score (nSPS) is 11.7. The molecule has 0 unspecified atom stereocenters. The number of carboxylic acids is 1. The molecular weight excluding hydrogens is 267 g/mol. The third-order valence-electron chi connectivity index (χ3n) is 1.97. The van der Waals surface area contributed by atoms with Crippen LogP contribution in [-0.4, -0.2) is 34.9 Å². The minimum absolute atomic E-state index is 0.154. The lowest BCUT2D eigenvalue weighted by atomic mass is 10.3. The lowest BCUT2D eigenvalue weighted by Gasteiger charge is -2.13. The molecule has 0 fully saturated rings. The summed E-state index contributed by atoms with van der Waals surface area (Å²) in [6, 6.07) is 1.18. The molecule has 0 aliphatic rings. The van der Waals surface area contributed by atoms with Crippen LogP contribution in [0.1, 0.15) is 0 Å². The van der Waals surface area contributed by atoms with Gasteiger partial charge in [-0.05, 0) is 18.2 Å². The fraction of sp³-hybridized carbons (Fsp3) is 0.200. The fourth-order valence-corrected chi connectivity index (χ4v) is 1.25. The van der Waals surface area contributed by atoms with Crippen molar-refractivity contribution in [3.8, 4) is 0 Å². The summed E-state index contributed by atoms with van der Waals surface area (Å²) >= 11 is 5.52. The Bertz CT molecular complexity index is 469. The molecule has 1 aromatic carbocycles. The van der Waals surface area contributed by atoms with Crippen LogP contribution in [0, 0.1) is 5.82 Å². The van der Waals surface area contributed by atoms with Gasteiger partial charge in [0.25, 0.3) is 0 Å². The van der Waals surface area contributed by atoms with Gasteiger partial charge >= 0.3 is 12.0 Å². The fourth-order valence-electron chi connectivity index (χ4n) is 1.09. The van der Waals surface area contributed by atoms with Gasteiger partial charge in [0, 0.05) is 5.02 Å². The summed E-state index contributed by atoms with van der Waals surface area (Å²) in [7, 11) is 0. The standard InChI is InChI=1S/C10H10ClFN2O4/c11-5-1-2-7(6(12)3-5)13-10(18)14-8(4-15)9(16)17/h1-3,8,15H,4H2,(H,16,17)(H2,13,14,18)/t8-/m1/s1. The quantitative estimate of drug-likeness (QED) is 0.660. The summed E-state index contributed by atoms with van der Waals surface area (Å²) in [4.78, 5) is 21.9. The number of hydrogen-bond donors (Lipinski definition) is 4. The van der Waals surface area contributed by atoms with E-state index in [0.717, 1.165) is 6.07 Å². The average Bonchev–Trinajstić information content (AvgIpc) is 2.29. The zero-order chi connectivity index (χ0) is 13.7. The van der Waals surface area contributed by atoms with E-state index in [9.17, 15) is 14.0 Å². The molecule has 18 heavy (non-hydrogen) atoms. The maximum Gasteiger partial charge on any atom is 0.328 e. The van der Waals surface area contributed by atoms with Crippen molar-refractivity contribution in [1.29, 1.82) is 0 Å². The lowest BCUT2D eigenvalue weighted by molar-refractivity contribution is -0.140. The number of carboxylic acid groups (broad SMARTS) is 1. The minimum Gasteiger partial charge on any atom is -0.480 e. The van der Waals surface area contributed by atoms with Crippen molar-refractivity contribution in [2.45, 2.75) is 6.04 Å². The molecule has 0 spiro atoms. The van der Waals surface area contributed by atoms with Gasteiger partial charge in [0.2, 0.25) is 0 Å². The molecule has 1 aromatic rings. The molecule has 6 nitrogen and oxygen atoms in total. The van der Waals surface area contributed by atoms with Gasteiger partial charge in [0.05, 0.1) is 12.3 Å². The highest BCUT2D eigenvalue weighted by Crippen LogP contribution is 2.18. The topological polar surface area (TPSA) is 98.7 Å². The molecular formula is C10H10ClFN2O4. The number of aliphatic hydroxyl groups excluding tert-OH is 1. The van der Waals surface area contributed by atoms with Crippen molar-refractivity contribution in [2.24, 2.45) is 0 Å². The summed E-state index contributed by atoms with van der Waals surface area (Å²) in [5, 5.41) is 21.5. The van der Waals surface area contributed by atoms with E-state index in [1.807, 2.05) is 5.32 Å². The van der Waals surface area contributed by atoms with Crippen LogP contribution in [0.15, 0.2) is 18.2 Å². The zero-order valence-electron chi connectivity index (χ0n) is 8.98. The van der Waals surface area contributed by atoms with Crippen molar-refractivity contribution in [2.75, 3.05) is 11.9 Å². The van der Waals surface area contributed by atoms with Crippen LogP contribution in [0.3, 0.4) is 0 Å². The predicted octanol–water partition coefficient (Wildman–Crippen LogP) is 1.05. The highest BCUT2D eigenvalue weighted by atomic mass is 35.5. The Balaban J connectivity index is 2.67. The van der Waals surface area contributed by atoms with E-state index >= 15 is 0 Å². The van der Waals surface area contributed by atoms with Crippen molar-refractivity contribution in [3.05, 3.63) is 29.0 Å². The summed E-state index contributed by atoms with van der Waals surface area (Å²) < 4.78 is 13.3. The molecule has 0 bridgehead atoms. The molecule has 2 amide bonds. The van der Waals surface area contributed by atoms with Gasteiger partial charge in [-0.2, -0.15) is 0 Å². The molecule has 4 N–H and O–H groups in total. The van der Waals surface area contributed by atoms with Crippen molar-refractivity contribution < 1.29 is 24.2 Å². The average molecular weight is 277 g/mol. The van der Waals surface area contributed by atoms with Crippen LogP contribution >= 0.6 is 11.6 Å². The largest absolute Gasteiger partial charge is 0.480 e. The first-order valence-corrected chi connectivity index (χ1v) is 5.18. The third-order valence-corrected chi connectivity index (χ3v) is 2.20. The first-order valence-electron chi connectivity index (χ1n) is 4.80. The van der Waals surface area contributed by atoms with Crippen molar-refractivity contribution in [1.82, 2.24) is 5.32 Å². The van der Waals surface area contributed by atoms with Crippen LogP contribution in [0.5, 0.6) is 0 Å². The molecule has 0 aromatic heterocycles. The second-order valence-electron chi connectivity index (χ2n) is 3.30. The second kappa shape index (κ2) is 6.18. The van der Waals surface area contributed by atoms with Gasteiger partial charge < -0.3 is 20.8 Å². The number of aliphatic carboxylic acids is 1. The van der Waals surface area contributed by atoms with Gasteiger partial charge in [-0.3, -0.25) is 0 Å². The molecule has 0 aliphatic carbocycles. The number of benzene rings is 1.